The van der Waals surface area contributed by atoms with Crippen molar-refractivity contribution in [2.75, 3.05) is 19.7 Å². The molecule has 3 heteroatoms. The van der Waals surface area contributed by atoms with Crippen molar-refractivity contribution in [1.82, 2.24) is 4.90 Å². The lowest BCUT2D eigenvalue weighted by Gasteiger charge is -2.44. The Kier molecular flexibility index (Phi) is 4.43. The second-order valence-electron chi connectivity index (χ2n) is 5.77. The molecule has 0 aromatic rings. The Balaban J connectivity index is 1.78. The number of carbonyl (C=O) groups excluding carboxylic acids is 1. The molecule has 0 aromatic heterocycles. The molecule has 1 saturated carbocycles. The van der Waals surface area contributed by atoms with Crippen molar-refractivity contribution < 1.29 is 9.90 Å². The molecule has 1 heterocycles. The number of aliphatic hydroxyl groups is 1. The average molecular weight is 239 g/mol. The molecule has 1 N–H and O–H groups in total. The van der Waals surface area contributed by atoms with E-state index in [-0.39, 0.29) is 12.5 Å². The van der Waals surface area contributed by atoms with Crippen molar-refractivity contribution in [3.63, 3.8) is 0 Å². The van der Waals surface area contributed by atoms with E-state index in [0.29, 0.717) is 18.3 Å². The first kappa shape index (κ1) is 12.9. The van der Waals surface area contributed by atoms with E-state index in [2.05, 4.69) is 0 Å². The van der Waals surface area contributed by atoms with Crippen molar-refractivity contribution in [2.24, 2.45) is 5.41 Å². The molecule has 1 spiro atoms. The summed E-state index contributed by atoms with van der Waals surface area (Å²) >= 11 is 0. The summed E-state index contributed by atoms with van der Waals surface area (Å²) in [5, 5.41) is 8.74. The molecule has 2 rings (SSSR count). The number of nitrogens with zero attached hydrogens (tertiary/aromatic N) is 1. The van der Waals surface area contributed by atoms with Crippen LogP contribution in [0.3, 0.4) is 0 Å². The van der Waals surface area contributed by atoms with E-state index in [1.165, 1.54) is 44.9 Å². The summed E-state index contributed by atoms with van der Waals surface area (Å²) in [7, 11) is 0. The highest BCUT2D eigenvalue weighted by molar-refractivity contribution is 5.76. The third kappa shape index (κ3) is 3.21. The van der Waals surface area contributed by atoms with Gasteiger partial charge in [0.15, 0.2) is 0 Å². The number of aliphatic hydroxyl groups excluding tert-OH is 1. The van der Waals surface area contributed by atoms with E-state index < -0.39 is 0 Å². The van der Waals surface area contributed by atoms with Gasteiger partial charge in [0.2, 0.25) is 5.91 Å². The number of amides is 1. The smallest absolute Gasteiger partial charge is 0.222 e. The van der Waals surface area contributed by atoms with Crippen molar-refractivity contribution in [2.45, 2.75) is 57.8 Å². The lowest BCUT2D eigenvalue weighted by molar-refractivity contribution is -0.134. The van der Waals surface area contributed by atoms with Crippen molar-refractivity contribution in [3.05, 3.63) is 0 Å². The number of likely N-dealkylation sites (tertiary alicyclic amines) is 1. The van der Waals surface area contributed by atoms with Crippen LogP contribution in [0, 0.1) is 5.41 Å². The third-order valence-electron chi connectivity index (χ3n) is 4.64. The van der Waals surface area contributed by atoms with Crippen LogP contribution in [0.1, 0.15) is 57.8 Å². The lowest BCUT2D eigenvalue weighted by Crippen LogP contribution is -2.43. The number of hydrogen-bond acceptors (Lipinski definition) is 2. The predicted molar refractivity (Wildman–Crippen MR) is 67.7 cm³/mol. The summed E-state index contributed by atoms with van der Waals surface area (Å²) in [4.78, 5) is 13.9. The summed E-state index contributed by atoms with van der Waals surface area (Å²) in [5.41, 5.74) is 0.575. The Bertz CT molecular complexity index is 249. The monoisotopic (exact) mass is 239 g/mol. The zero-order valence-corrected chi connectivity index (χ0v) is 10.8. The molecule has 2 aliphatic rings. The number of piperidine rings is 1. The number of rotatable bonds is 3. The summed E-state index contributed by atoms with van der Waals surface area (Å²) in [6, 6.07) is 0. The van der Waals surface area contributed by atoms with Crippen LogP contribution in [0.15, 0.2) is 0 Å². The van der Waals surface area contributed by atoms with Crippen molar-refractivity contribution in [1.29, 1.82) is 0 Å². The van der Waals surface area contributed by atoms with Crippen LogP contribution >= 0.6 is 0 Å². The van der Waals surface area contributed by atoms with Crippen LogP contribution in [-0.4, -0.2) is 35.6 Å². The second kappa shape index (κ2) is 5.85. The second-order valence-corrected chi connectivity index (χ2v) is 5.77. The zero-order chi connectivity index (χ0) is 12.1. The van der Waals surface area contributed by atoms with E-state index in [4.69, 9.17) is 5.11 Å². The maximum atomic E-state index is 11.8. The first-order valence-electron chi connectivity index (χ1n) is 7.14. The molecule has 2 fully saturated rings. The Morgan fingerprint density at radius 2 is 1.71 bits per heavy atom. The molecule has 0 atom stereocenters. The molecule has 17 heavy (non-hydrogen) atoms. The molecule has 1 aliphatic carbocycles. The maximum absolute atomic E-state index is 11.8. The van der Waals surface area contributed by atoms with Gasteiger partial charge in [0.05, 0.1) is 0 Å². The highest BCUT2D eigenvalue weighted by atomic mass is 16.3. The quantitative estimate of drug-likeness (QED) is 0.821. The van der Waals surface area contributed by atoms with E-state index in [1.807, 2.05) is 4.90 Å². The van der Waals surface area contributed by atoms with E-state index >= 15 is 0 Å². The van der Waals surface area contributed by atoms with Crippen LogP contribution in [0.2, 0.25) is 0 Å². The molecule has 0 radical (unpaired) electrons. The molecule has 1 aliphatic heterocycles. The van der Waals surface area contributed by atoms with Gasteiger partial charge in [-0.05, 0) is 37.5 Å². The first-order chi connectivity index (χ1) is 8.26. The van der Waals surface area contributed by atoms with Gasteiger partial charge in [-0.25, -0.2) is 0 Å². The minimum atomic E-state index is 0.128. The zero-order valence-electron chi connectivity index (χ0n) is 10.8. The fourth-order valence-electron chi connectivity index (χ4n) is 3.42. The summed E-state index contributed by atoms with van der Waals surface area (Å²) < 4.78 is 0. The van der Waals surface area contributed by atoms with Gasteiger partial charge in [0.25, 0.3) is 0 Å². The highest BCUT2D eigenvalue weighted by Gasteiger charge is 2.36. The van der Waals surface area contributed by atoms with Gasteiger partial charge in [-0.15, -0.1) is 0 Å². The Hall–Kier alpha value is -0.570. The first-order valence-corrected chi connectivity index (χ1v) is 7.14. The summed E-state index contributed by atoms with van der Waals surface area (Å²) in [5.74, 6) is 0.240. The summed E-state index contributed by atoms with van der Waals surface area (Å²) in [6.07, 6.45) is 10.5. The third-order valence-corrected chi connectivity index (χ3v) is 4.64. The molecule has 0 bridgehead atoms. The van der Waals surface area contributed by atoms with E-state index in [1.54, 1.807) is 0 Å². The average Bonchev–Trinajstić information content (AvgIpc) is 2.38. The predicted octanol–water partition coefficient (Wildman–Crippen LogP) is 2.33. The topological polar surface area (TPSA) is 40.5 Å². The van der Waals surface area contributed by atoms with E-state index in [9.17, 15) is 4.79 Å². The van der Waals surface area contributed by atoms with Gasteiger partial charge < -0.3 is 10.0 Å². The Labute approximate surface area is 104 Å². The molecule has 0 unspecified atom stereocenters. The van der Waals surface area contributed by atoms with Gasteiger partial charge in [-0.3, -0.25) is 4.79 Å². The minimum absolute atomic E-state index is 0.128. The van der Waals surface area contributed by atoms with Crippen molar-refractivity contribution in [3.8, 4) is 0 Å². The lowest BCUT2D eigenvalue weighted by atomic mass is 9.68. The molecule has 0 aromatic carbocycles. The largest absolute Gasteiger partial charge is 0.396 e. The van der Waals surface area contributed by atoms with Gasteiger partial charge in [-0.1, -0.05) is 19.3 Å². The normalized spacial score (nSPS) is 23.9. The van der Waals surface area contributed by atoms with Crippen LogP contribution in [0.25, 0.3) is 0 Å². The fourth-order valence-corrected chi connectivity index (χ4v) is 3.42. The van der Waals surface area contributed by atoms with Gasteiger partial charge in [-0.2, -0.15) is 0 Å². The minimum Gasteiger partial charge on any atom is -0.396 e. The van der Waals surface area contributed by atoms with Crippen LogP contribution < -0.4 is 0 Å². The highest BCUT2D eigenvalue weighted by Crippen LogP contribution is 2.44. The van der Waals surface area contributed by atoms with Crippen LogP contribution in [0.5, 0.6) is 0 Å². The van der Waals surface area contributed by atoms with Gasteiger partial charge >= 0.3 is 0 Å². The van der Waals surface area contributed by atoms with E-state index in [0.717, 1.165) is 13.1 Å². The summed E-state index contributed by atoms with van der Waals surface area (Å²) in [6.45, 7) is 2.03. The molecule has 1 saturated heterocycles. The maximum Gasteiger partial charge on any atom is 0.222 e. The number of carbonyl (C=O) groups is 1. The molecule has 98 valence electrons. The molecular formula is C14H25NO2. The van der Waals surface area contributed by atoms with Crippen molar-refractivity contribution >= 4 is 5.91 Å². The van der Waals surface area contributed by atoms with Crippen LogP contribution in [0.4, 0.5) is 0 Å². The number of hydrogen-bond donors (Lipinski definition) is 1. The Morgan fingerprint density at radius 3 is 2.29 bits per heavy atom. The van der Waals surface area contributed by atoms with Gasteiger partial charge in [0, 0.05) is 26.1 Å². The fraction of sp³-hybridized carbons (Fsp3) is 0.929. The standard InChI is InChI=1S/C14H25NO2/c16-12-4-5-13(17)15-10-8-14(9-11-15)6-2-1-3-7-14/h16H,1-12H2. The SMILES string of the molecule is O=C(CCCO)N1CCC2(CCCCC2)CC1. The van der Waals surface area contributed by atoms with Gasteiger partial charge in [0.1, 0.15) is 0 Å². The molecule has 1 amide bonds. The Morgan fingerprint density at radius 1 is 1.06 bits per heavy atom. The molecular weight excluding hydrogens is 214 g/mol. The molecule has 3 nitrogen and oxygen atoms in total. The van der Waals surface area contributed by atoms with Crippen LogP contribution in [-0.2, 0) is 4.79 Å².